The van der Waals surface area contributed by atoms with Crippen LogP contribution in [-0.2, 0) is 52.8 Å². The van der Waals surface area contributed by atoms with Gasteiger partial charge < -0.3 is 38.8 Å². The van der Waals surface area contributed by atoms with E-state index in [1.54, 1.807) is 30.2 Å². The highest BCUT2D eigenvalue weighted by Crippen LogP contribution is 2.42. The Morgan fingerprint density at radius 2 is 1.90 bits per heavy atom. The number of amides is 5. The highest BCUT2D eigenvalue weighted by atomic mass is 32.1. The van der Waals surface area contributed by atoms with Gasteiger partial charge in [-0.25, -0.2) is 15.2 Å². The van der Waals surface area contributed by atoms with Crippen LogP contribution >= 0.6 is 11.3 Å². The number of cyclic esters (lactones) is 1. The fraction of sp³-hybridized carbons (Fsp3) is 0.549. The molecule has 7 heterocycles. The molecule has 3 fully saturated rings. The summed E-state index contributed by atoms with van der Waals surface area (Å²) in [5.41, 5.74) is 8.53. The van der Waals surface area contributed by atoms with Gasteiger partial charge in [0.25, 0.3) is 5.91 Å². The number of hydrazine groups is 1. The zero-order valence-electron chi connectivity index (χ0n) is 41.2. The van der Waals surface area contributed by atoms with E-state index in [9.17, 15) is 24.0 Å². The number of rotatable bonds is 9. The minimum atomic E-state index is -1.10. The number of pyridine rings is 1. The van der Waals surface area contributed by atoms with Gasteiger partial charge in [0.05, 0.1) is 54.5 Å². The molecule has 3 saturated heterocycles. The number of carbonyl (C=O) groups is 5. The van der Waals surface area contributed by atoms with Gasteiger partial charge in [0, 0.05) is 85.8 Å². The second-order valence-corrected chi connectivity index (χ2v) is 21.0. The number of benzene rings is 1. The summed E-state index contributed by atoms with van der Waals surface area (Å²) >= 11 is 1.41. The molecule has 5 atom stereocenters. The van der Waals surface area contributed by atoms with E-state index < -0.39 is 46.9 Å². The lowest BCUT2D eigenvalue weighted by molar-refractivity contribution is -0.155. The number of aryl methyl sites for hydroxylation is 1. The van der Waals surface area contributed by atoms with Crippen LogP contribution in [0.4, 0.5) is 4.79 Å². The van der Waals surface area contributed by atoms with Crippen molar-refractivity contribution in [3.05, 3.63) is 70.8 Å². The Labute approximate surface area is 408 Å². The van der Waals surface area contributed by atoms with Gasteiger partial charge in [-0.05, 0) is 81.4 Å². The number of urea groups is 1. The molecule has 2 N–H and O–H groups in total. The lowest BCUT2D eigenvalue weighted by atomic mass is 9.84. The largest absolute Gasteiger partial charge is 0.464 e. The maximum Gasteiger partial charge on any atom is 0.324 e. The van der Waals surface area contributed by atoms with Crippen molar-refractivity contribution in [2.45, 2.75) is 110 Å². The Balaban J connectivity index is 1.13. The number of nitrogens with one attached hydrogen (secondary N) is 2. The number of nitrogens with zero attached hydrogens (tertiary/aromatic N) is 7. The molecule has 3 aromatic heterocycles. The van der Waals surface area contributed by atoms with Crippen molar-refractivity contribution in [3.63, 3.8) is 0 Å². The van der Waals surface area contributed by atoms with E-state index in [1.807, 2.05) is 32.2 Å². The van der Waals surface area contributed by atoms with Crippen LogP contribution in [0.25, 0.3) is 33.4 Å². The molecular weight excluding hydrogens is 899 g/mol. The number of likely N-dealkylation sites (N-methyl/N-ethyl adjacent to an activating group) is 1. The zero-order chi connectivity index (χ0) is 49.4. The van der Waals surface area contributed by atoms with E-state index in [0.29, 0.717) is 63.4 Å². The Morgan fingerprint density at radius 1 is 1.12 bits per heavy atom. The van der Waals surface area contributed by atoms with Crippen LogP contribution in [0, 0.1) is 11.3 Å². The van der Waals surface area contributed by atoms with Crippen molar-refractivity contribution in [3.8, 4) is 22.5 Å². The summed E-state index contributed by atoms with van der Waals surface area (Å²) in [4.78, 5) is 84.7. The summed E-state index contributed by atoms with van der Waals surface area (Å²) in [5.74, 6) is -1.91. The first-order chi connectivity index (χ1) is 33.0. The second kappa shape index (κ2) is 20.3. The van der Waals surface area contributed by atoms with Crippen LogP contribution in [0.1, 0.15) is 83.2 Å². The quantitative estimate of drug-likeness (QED) is 0.154. The number of likely N-dealkylation sites (tertiary alicyclic amines) is 1. The molecule has 4 aromatic rings. The third-order valence-electron chi connectivity index (χ3n) is 14.1. The van der Waals surface area contributed by atoms with Gasteiger partial charge in [-0.15, -0.1) is 11.3 Å². The number of carbonyl (C=O) groups excluding carboxylic acids is 5. The summed E-state index contributed by atoms with van der Waals surface area (Å²) in [6.45, 7) is 18.5. The van der Waals surface area contributed by atoms with Crippen molar-refractivity contribution in [2.75, 3.05) is 60.1 Å². The van der Waals surface area contributed by atoms with E-state index in [0.717, 1.165) is 44.7 Å². The molecule has 0 unspecified atom stereocenters. The average Bonchev–Trinajstić information content (AvgIpc) is 4.07. The number of hydrogen-bond donors (Lipinski definition) is 2. The number of esters is 1. The van der Waals surface area contributed by atoms with Gasteiger partial charge in [0.2, 0.25) is 11.8 Å². The number of thiazole rings is 1. The number of ether oxygens (including phenoxy) is 3. The highest BCUT2D eigenvalue weighted by molar-refractivity contribution is 7.10. The maximum absolute atomic E-state index is 14.7. The van der Waals surface area contributed by atoms with Gasteiger partial charge in [0.15, 0.2) is 0 Å². The SMILES string of the molecule is C=CC(=O)N1CC[C@]2(C1)CN(C(=O)N(C)[C@H](C(=O)N[C@H]1Cc3nc(cs3)-c3ccc4c(c3)c(c(-c3cccnc3[C@H](C)OC)n4CC)CC(C)(C)COC(=O)[C@@H]3CCCN(N3)C1=O)C(C)C)CCO2. The monoisotopic (exact) mass is 965 g/mol. The van der Waals surface area contributed by atoms with E-state index in [2.05, 4.69) is 66.9 Å². The molecule has 8 rings (SSSR count). The van der Waals surface area contributed by atoms with Crippen LogP contribution in [0.15, 0.2) is 54.6 Å². The first-order valence-corrected chi connectivity index (χ1v) is 25.0. The van der Waals surface area contributed by atoms with Crippen LogP contribution in [0.2, 0.25) is 0 Å². The molecule has 0 radical (unpaired) electrons. The summed E-state index contributed by atoms with van der Waals surface area (Å²) in [6.07, 6.45) is 5.01. The molecule has 69 heavy (non-hydrogen) atoms. The standard InChI is InChI=1S/C51H67N9O8S/c1-10-42(61)57-21-18-51(28-57)29-58(22-23-68-51)49(65)56(8)44(31(3)4)46(62)54-38-25-41-53-39(27-69-41)33-16-17-40-35(24-33)36(45(59(40)11-2)34-14-12-19-52-43(34)32(5)66-9)26-50(6,7)30-67-48(64)37-15-13-20-60(55-37)47(38)63/h10,12,14,16-17,19,24,27,31-32,37-38,44,55H,1,11,13,15,18,20-23,25-26,28-30H2,2-9H3,(H,54,62)/t32-,37-,38-,44-,51-/m0/s1. The number of hydrogen-bond acceptors (Lipinski definition) is 12. The predicted molar refractivity (Wildman–Crippen MR) is 263 cm³/mol. The minimum absolute atomic E-state index is 0.0659. The van der Waals surface area contributed by atoms with Crippen molar-refractivity contribution in [1.29, 1.82) is 0 Å². The van der Waals surface area contributed by atoms with E-state index in [4.69, 9.17) is 24.2 Å². The van der Waals surface area contributed by atoms with Crippen LogP contribution in [0.3, 0.4) is 0 Å². The van der Waals surface area contributed by atoms with Crippen molar-refractivity contribution < 1.29 is 38.2 Å². The molecule has 1 spiro atoms. The molecule has 18 heteroatoms. The lowest BCUT2D eigenvalue weighted by Crippen LogP contribution is -2.63. The molecule has 370 valence electrons. The van der Waals surface area contributed by atoms with E-state index in [1.165, 1.54) is 27.3 Å². The fourth-order valence-electron chi connectivity index (χ4n) is 10.5. The molecule has 17 nitrogen and oxygen atoms in total. The molecule has 4 aliphatic heterocycles. The summed E-state index contributed by atoms with van der Waals surface area (Å²) in [5, 5.41) is 8.12. The number of methoxy groups -OCH3 is 1. The van der Waals surface area contributed by atoms with Crippen molar-refractivity contribution in [1.82, 2.24) is 45.0 Å². The zero-order valence-corrected chi connectivity index (χ0v) is 42.0. The molecule has 6 bridgehead atoms. The molecule has 0 saturated carbocycles. The van der Waals surface area contributed by atoms with Crippen LogP contribution < -0.4 is 10.7 Å². The predicted octanol–water partition coefficient (Wildman–Crippen LogP) is 5.77. The average molecular weight is 966 g/mol. The minimum Gasteiger partial charge on any atom is -0.464 e. The van der Waals surface area contributed by atoms with Crippen molar-refractivity contribution >= 4 is 52.0 Å². The van der Waals surface area contributed by atoms with Gasteiger partial charge in [-0.2, -0.15) is 0 Å². The van der Waals surface area contributed by atoms with Gasteiger partial charge >= 0.3 is 12.0 Å². The van der Waals surface area contributed by atoms with Crippen LogP contribution in [-0.4, -0.2) is 148 Å². The first kappa shape index (κ1) is 49.7. The Bertz CT molecular complexity index is 2610. The topological polar surface area (TPSA) is 181 Å². The number of aromatic nitrogens is 3. The first-order valence-electron chi connectivity index (χ1n) is 24.2. The number of fused-ring (bicyclic) bond motifs is 6. The third kappa shape index (κ3) is 10.2. The Kier molecular flexibility index (Phi) is 14.7. The molecule has 5 amide bonds. The Hall–Kier alpha value is -5.69. The lowest BCUT2D eigenvalue weighted by Gasteiger charge is -2.43. The van der Waals surface area contributed by atoms with E-state index in [-0.39, 0.29) is 50.1 Å². The second-order valence-electron chi connectivity index (χ2n) is 20.0. The van der Waals surface area contributed by atoms with Crippen molar-refractivity contribution in [2.24, 2.45) is 11.3 Å². The summed E-state index contributed by atoms with van der Waals surface area (Å²) in [6, 6.07) is 7.21. The summed E-state index contributed by atoms with van der Waals surface area (Å²) in [7, 11) is 3.29. The fourth-order valence-corrected chi connectivity index (χ4v) is 11.4. The summed E-state index contributed by atoms with van der Waals surface area (Å²) < 4.78 is 20.5. The Morgan fingerprint density at radius 3 is 2.64 bits per heavy atom. The van der Waals surface area contributed by atoms with E-state index >= 15 is 0 Å². The highest BCUT2D eigenvalue weighted by Gasteiger charge is 2.46. The van der Waals surface area contributed by atoms with Crippen LogP contribution in [0.5, 0.6) is 0 Å². The van der Waals surface area contributed by atoms with Gasteiger partial charge in [-0.3, -0.25) is 29.2 Å². The molecular formula is C51H67N9O8S. The normalized spacial score (nSPS) is 22.9. The smallest absolute Gasteiger partial charge is 0.324 e. The maximum atomic E-state index is 14.7. The molecule has 4 aliphatic rings. The molecule has 0 aliphatic carbocycles. The van der Waals surface area contributed by atoms with Gasteiger partial charge in [-0.1, -0.05) is 40.3 Å². The third-order valence-corrected chi connectivity index (χ3v) is 15.0. The number of morpholine rings is 1. The molecule has 1 aromatic carbocycles. The van der Waals surface area contributed by atoms with Gasteiger partial charge in [0.1, 0.15) is 23.7 Å².